The predicted octanol–water partition coefficient (Wildman–Crippen LogP) is 4.89. The Morgan fingerprint density at radius 3 is 2.18 bits per heavy atom. The molecular weight excluding hydrogens is 204 g/mol. The molecule has 4 saturated carbocycles. The quantitative estimate of drug-likeness (QED) is 0.604. The minimum absolute atomic E-state index is 1.08. The number of fused-ring (bicyclic) bond motifs is 2. The maximum atomic E-state index is 2.61. The van der Waals surface area contributed by atoms with Gasteiger partial charge in [-0.15, -0.1) is 0 Å². The van der Waals surface area contributed by atoms with E-state index in [1.165, 1.54) is 5.92 Å². The molecule has 0 aromatic heterocycles. The minimum Gasteiger partial charge on any atom is -0.0620 e. The zero-order valence-corrected chi connectivity index (χ0v) is 11.4. The maximum absolute atomic E-state index is 2.61. The van der Waals surface area contributed by atoms with Crippen molar-refractivity contribution in [2.75, 3.05) is 0 Å². The molecule has 7 atom stereocenters. The Hall–Kier alpha value is 0. The number of rotatable bonds is 1. The molecule has 0 saturated heterocycles. The van der Waals surface area contributed by atoms with Gasteiger partial charge in [-0.1, -0.05) is 32.6 Å². The molecule has 4 rings (SSSR count). The molecule has 4 aliphatic rings. The van der Waals surface area contributed by atoms with E-state index >= 15 is 0 Å². The van der Waals surface area contributed by atoms with Crippen LogP contribution < -0.4 is 0 Å². The first-order chi connectivity index (χ1) is 8.34. The first kappa shape index (κ1) is 10.9. The van der Waals surface area contributed by atoms with Crippen molar-refractivity contribution in [2.45, 2.75) is 64.7 Å². The number of hydrogen-bond acceptors (Lipinski definition) is 0. The second-order valence-corrected chi connectivity index (χ2v) is 7.71. The van der Waals surface area contributed by atoms with Gasteiger partial charge in [-0.2, -0.15) is 0 Å². The third-order valence-corrected chi connectivity index (χ3v) is 7.33. The average Bonchev–Trinajstić information content (AvgIpc) is 3.01. The van der Waals surface area contributed by atoms with Crippen molar-refractivity contribution in [3.63, 3.8) is 0 Å². The van der Waals surface area contributed by atoms with Crippen LogP contribution in [0.15, 0.2) is 0 Å². The molecule has 0 bridgehead atoms. The summed E-state index contributed by atoms with van der Waals surface area (Å²) in [6.07, 6.45) is 14.2. The Labute approximate surface area is 107 Å². The molecule has 4 fully saturated rings. The van der Waals surface area contributed by atoms with Gasteiger partial charge in [0.15, 0.2) is 0 Å². The Bertz CT molecular complexity index is 294. The van der Waals surface area contributed by atoms with Gasteiger partial charge >= 0.3 is 0 Å². The van der Waals surface area contributed by atoms with E-state index in [1.54, 1.807) is 57.8 Å². The van der Waals surface area contributed by atoms with Crippen molar-refractivity contribution in [1.29, 1.82) is 0 Å². The van der Waals surface area contributed by atoms with E-state index < -0.39 is 0 Å². The average molecular weight is 232 g/mol. The zero-order valence-electron chi connectivity index (χ0n) is 11.4. The van der Waals surface area contributed by atoms with Crippen LogP contribution in [0, 0.1) is 41.4 Å². The monoisotopic (exact) mass is 232 g/mol. The van der Waals surface area contributed by atoms with E-state index in [2.05, 4.69) is 6.92 Å². The molecule has 0 radical (unpaired) electrons. The fourth-order valence-electron chi connectivity index (χ4n) is 6.64. The van der Waals surface area contributed by atoms with Gasteiger partial charge in [0.1, 0.15) is 0 Å². The van der Waals surface area contributed by atoms with Crippen molar-refractivity contribution < 1.29 is 0 Å². The van der Waals surface area contributed by atoms with Crippen LogP contribution in [0.4, 0.5) is 0 Å². The Balaban J connectivity index is 1.52. The molecule has 0 spiro atoms. The second kappa shape index (κ2) is 4.00. The summed E-state index contributed by atoms with van der Waals surface area (Å²) < 4.78 is 0. The third kappa shape index (κ3) is 1.55. The largest absolute Gasteiger partial charge is 0.0620 e. The molecule has 0 amide bonds. The molecule has 96 valence electrons. The summed E-state index contributed by atoms with van der Waals surface area (Å²) in [7, 11) is 0. The first-order valence-electron chi connectivity index (χ1n) is 8.34. The summed E-state index contributed by atoms with van der Waals surface area (Å²) in [5, 5.41) is 0. The maximum Gasteiger partial charge on any atom is -0.0352 e. The summed E-state index contributed by atoms with van der Waals surface area (Å²) in [6, 6.07) is 0. The molecule has 4 aliphatic carbocycles. The Morgan fingerprint density at radius 2 is 1.35 bits per heavy atom. The lowest BCUT2D eigenvalue weighted by molar-refractivity contribution is 0.188. The van der Waals surface area contributed by atoms with E-state index in [0.717, 1.165) is 35.5 Å². The van der Waals surface area contributed by atoms with Crippen molar-refractivity contribution in [2.24, 2.45) is 41.4 Å². The highest BCUT2D eigenvalue weighted by atomic mass is 14.6. The standard InChI is InChI=1S/C17H28/c1-11-14-6-3-5-13(14)10-17(11)16-9-8-12-4-2-7-15(12)16/h11-17H,2-10H2,1H3. The van der Waals surface area contributed by atoms with Crippen LogP contribution in [0.3, 0.4) is 0 Å². The highest BCUT2D eigenvalue weighted by molar-refractivity contribution is 5.00. The van der Waals surface area contributed by atoms with Crippen molar-refractivity contribution in [1.82, 2.24) is 0 Å². The summed E-state index contributed by atoms with van der Waals surface area (Å²) >= 11 is 0. The van der Waals surface area contributed by atoms with Crippen LogP contribution >= 0.6 is 0 Å². The molecular formula is C17H28. The van der Waals surface area contributed by atoms with Gasteiger partial charge in [0, 0.05) is 0 Å². The number of hydrogen-bond donors (Lipinski definition) is 0. The molecule has 0 N–H and O–H groups in total. The zero-order chi connectivity index (χ0) is 11.4. The predicted molar refractivity (Wildman–Crippen MR) is 71.7 cm³/mol. The van der Waals surface area contributed by atoms with E-state index in [1.807, 2.05) is 0 Å². The van der Waals surface area contributed by atoms with E-state index in [9.17, 15) is 0 Å². The summed E-state index contributed by atoms with van der Waals surface area (Å²) in [6.45, 7) is 2.61. The van der Waals surface area contributed by atoms with Gasteiger partial charge < -0.3 is 0 Å². The fourth-order valence-corrected chi connectivity index (χ4v) is 6.64. The van der Waals surface area contributed by atoms with Crippen LogP contribution in [0.25, 0.3) is 0 Å². The van der Waals surface area contributed by atoms with Crippen molar-refractivity contribution in [3.8, 4) is 0 Å². The Kier molecular flexibility index (Phi) is 2.56. The molecule has 0 aromatic rings. The smallest absolute Gasteiger partial charge is 0.0352 e. The normalized spacial score (nSPS) is 57.4. The van der Waals surface area contributed by atoms with Gasteiger partial charge in [-0.3, -0.25) is 0 Å². The van der Waals surface area contributed by atoms with Crippen LogP contribution in [-0.2, 0) is 0 Å². The lowest BCUT2D eigenvalue weighted by Crippen LogP contribution is -2.23. The van der Waals surface area contributed by atoms with Gasteiger partial charge in [0.2, 0.25) is 0 Å². The van der Waals surface area contributed by atoms with Gasteiger partial charge in [-0.25, -0.2) is 0 Å². The molecule has 0 aromatic carbocycles. The molecule has 0 aliphatic heterocycles. The minimum atomic E-state index is 1.08. The SMILES string of the molecule is CC1C2CCCC2CC1C1CCC2CCCC21. The summed E-state index contributed by atoms with van der Waals surface area (Å²) in [4.78, 5) is 0. The molecule has 17 heavy (non-hydrogen) atoms. The van der Waals surface area contributed by atoms with Crippen LogP contribution in [-0.4, -0.2) is 0 Å². The van der Waals surface area contributed by atoms with E-state index in [4.69, 9.17) is 0 Å². The van der Waals surface area contributed by atoms with Gasteiger partial charge in [0.25, 0.3) is 0 Å². The Morgan fingerprint density at radius 1 is 0.588 bits per heavy atom. The molecule has 0 heterocycles. The lowest BCUT2D eigenvalue weighted by Gasteiger charge is -2.30. The fraction of sp³-hybridized carbons (Fsp3) is 1.00. The molecule has 7 unspecified atom stereocenters. The van der Waals surface area contributed by atoms with Crippen molar-refractivity contribution in [3.05, 3.63) is 0 Å². The summed E-state index contributed by atoms with van der Waals surface area (Å²) in [5.74, 6) is 7.98. The highest BCUT2D eigenvalue weighted by Crippen LogP contribution is 2.59. The van der Waals surface area contributed by atoms with Gasteiger partial charge in [-0.05, 0) is 73.5 Å². The van der Waals surface area contributed by atoms with E-state index in [0.29, 0.717) is 0 Å². The van der Waals surface area contributed by atoms with Gasteiger partial charge in [0.05, 0.1) is 0 Å². The highest BCUT2D eigenvalue weighted by Gasteiger charge is 2.50. The summed E-state index contributed by atoms with van der Waals surface area (Å²) in [5.41, 5.74) is 0. The third-order valence-electron chi connectivity index (χ3n) is 7.33. The van der Waals surface area contributed by atoms with Crippen LogP contribution in [0.1, 0.15) is 64.7 Å². The lowest BCUT2D eigenvalue weighted by atomic mass is 9.75. The first-order valence-corrected chi connectivity index (χ1v) is 8.34. The topological polar surface area (TPSA) is 0 Å². The van der Waals surface area contributed by atoms with Crippen LogP contribution in [0.2, 0.25) is 0 Å². The second-order valence-electron chi connectivity index (χ2n) is 7.71. The molecule has 0 nitrogen and oxygen atoms in total. The van der Waals surface area contributed by atoms with Crippen molar-refractivity contribution >= 4 is 0 Å². The molecule has 0 heteroatoms. The van der Waals surface area contributed by atoms with Crippen LogP contribution in [0.5, 0.6) is 0 Å². The van der Waals surface area contributed by atoms with E-state index in [-0.39, 0.29) is 0 Å².